The molecular formula is C32H34N4O5S. The van der Waals surface area contributed by atoms with Gasteiger partial charge in [-0.1, -0.05) is 54.1 Å². The Morgan fingerprint density at radius 2 is 1.52 bits per heavy atom. The van der Waals surface area contributed by atoms with Gasteiger partial charge in [0.2, 0.25) is 11.8 Å². The highest BCUT2D eigenvalue weighted by Gasteiger charge is 2.33. The summed E-state index contributed by atoms with van der Waals surface area (Å²) in [5.41, 5.74) is 8.68. The van der Waals surface area contributed by atoms with E-state index < -0.39 is 27.8 Å². The van der Waals surface area contributed by atoms with Crippen molar-refractivity contribution in [3.63, 3.8) is 0 Å². The van der Waals surface area contributed by atoms with Gasteiger partial charge < -0.3 is 16.0 Å². The molecule has 0 bridgehead atoms. The lowest BCUT2D eigenvalue weighted by Crippen LogP contribution is -2.46. The zero-order chi connectivity index (χ0) is 30.4. The van der Waals surface area contributed by atoms with Crippen LogP contribution in [0.25, 0.3) is 10.8 Å². The summed E-state index contributed by atoms with van der Waals surface area (Å²) in [6.07, 6.45) is -0.0343. The summed E-state index contributed by atoms with van der Waals surface area (Å²) >= 11 is 0. The molecule has 4 N–H and O–H groups in total. The fourth-order valence-corrected chi connectivity index (χ4v) is 5.72. The molecule has 0 spiro atoms. The van der Waals surface area contributed by atoms with Crippen LogP contribution in [0, 0.1) is 12.8 Å². The van der Waals surface area contributed by atoms with Crippen molar-refractivity contribution >= 4 is 49.9 Å². The monoisotopic (exact) mass is 586 g/mol. The summed E-state index contributed by atoms with van der Waals surface area (Å²) in [7, 11) is -4.24. The van der Waals surface area contributed by atoms with E-state index in [1.54, 1.807) is 68.4 Å². The van der Waals surface area contributed by atoms with Gasteiger partial charge in [0.25, 0.3) is 15.9 Å². The summed E-state index contributed by atoms with van der Waals surface area (Å²) < 4.78 is 28.5. The first-order chi connectivity index (χ1) is 20.0. The van der Waals surface area contributed by atoms with E-state index in [0.29, 0.717) is 41.0 Å². The van der Waals surface area contributed by atoms with E-state index >= 15 is 0 Å². The van der Waals surface area contributed by atoms with Gasteiger partial charge >= 0.3 is 0 Å². The minimum absolute atomic E-state index is 0.0343. The molecule has 0 heterocycles. The predicted octanol–water partition coefficient (Wildman–Crippen LogP) is 4.51. The summed E-state index contributed by atoms with van der Waals surface area (Å²) in [4.78, 5) is 40.9. The number of rotatable bonds is 10. The van der Waals surface area contributed by atoms with Crippen molar-refractivity contribution in [3.8, 4) is 0 Å². The van der Waals surface area contributed by atoms with E-state index in [4.69, 9.17) is 5.73 Å². The molecule has 0 unspecified atom stereocenters. The standard InChI is InChI=1S/C32H34N4O5S/c1-4-36(5-2)32(39)28(31(38)35-42(40,41)26-16-13-23-8-6-7-9-24(23)20-26)19-22-11-14-25(15-12-22)34-30(37)27-18-21(3)10-17-29(27)33/h6-18,20,28H,4-5,19,33H2,1-3H3,(H,34,37)(H,35,38)/t28-/m1/s1. The molecule has 4 rings (SSSR count). The topological polar surface area (TPSA) is 139 Å². The van der Waals surface area contributed by atoms with Crippen LogP contribution in [0.2, 0.25) is 0 Å². The van der Waals surface area contributed by atoms with Crippen molar-refractivity contribution in [2.24, 2.45) is 5.92 Å². The zero-order valence-corrected chi connectivity index (χ0v) is 24.6. The Kier molecular flexibility index (Phi) is 9.27. The minimum Gasteiger partial charge on any atom is -0.398 e. The van der Waals surface area contributed by atoms with E-state index in [9.17, 15) is 22.8 Å². The maximum Gasteiger partial charge on any atom is 0.264 e. The number of nitrogens with two attached hydrogens (primary N) is 1. The van der Waals surface area contributed by atoms with Gasteiger partial charge in [-0.15, -0.1) is 0 Å². The molecule has 0 aliphatic rings. The fraction of sp³-hybridized carbons (Fsp3) is 0.219. The molecule has 0 aliphatic carbocycles. The second-order valence-electron chi connectivity index (χ2n) is 9.99. The average molecular weight is 587 g/mol. The van der Waals surface area contributed by atoms with E-state index in [0.717, 1.165) is 10.9 Å². The number of nitrogens with one attached hydrogen (secondary N) is 2. The number of hydrogen-bond acceptors (Lipinski definition) is 6. The molecule has 4 aromatic rings. The number of sulfonamides is 1. The van der Waals surface area contributed by atoms with Crippen LogP contribution in [0.15, 0.2) is 89.8 Å². The van der Waals surface area contributed by atoms with Gasteiger partial charge in [0.1, 0.15) is 5.92 Å². The van der Waals surface area contributed by atoms with Gasteiger partial charge in [-0.3, -0.25) is 14.4 Å². The number of nitrogens with zero attached hydrogens (tertiary/aromatic N) is 1. The first kappa shape index (κ1) is 30.3. The number of hydrogen-bond donors (Lipinski definition) is 3. The van der Waals surface area contributed by atoms with E-state index in [-0.39, 0.29) is 17.2 Å². The van der Waals surface area contributed by atoms with Gasteiger partial charge in [0.05, 0.1) is 10.5 Å². The summed E-state index contributed by atoms with van der Waals surface area (Å²) in [5, 5.41) is 4.37. The quantitative estimate of drug-likeness (QED) is 0.185. The van der Waals surface area contributed by atoms with Crippen LogP contribution in [0.1, 0.15) is 35.3 Å². The van der Waals surface area contributed by atoms with Crippen molar-refractivity contribution in [2.45, 2.75) is 32.1 Å². The Labute approximate surface area is 245 Å². The number of fused-ring (bicyclic) bond motifs is 1. The van der Waals surface area contributed by atoms with Crippen LogP contribution in [0.4, 0.5) is 11.4 Å². The molecule has 10 heteroatoms. The van der Waals surface area contributed by atoms with Crippen LogP contribution >= 0.6 is 0 Å². The highest BCUT2D eigenvalue weighted by molar-refractivity contribution is 7.90. The van der Waals surface area contributed by atoms with Gasteiger partial charge in [-0.05, 0) is 79.9 Å². The van der Waals surface area contributed by atoms with Crippen molar-refractivity contribution in [1.82, 2.24) is 9.62 Å². The number of aryl methyl sites for hydroxylation is 1. The first-order valence-corrected chi connectivity index (χ1v) is 15.1. The summed E-state index contributed by atoms with van der Waals surface area (Å²) in [6, 6.07) is 23.7. The van der Waals surface area contributed by atoms with E-state index in [2.05, 4.69) is 10.0 Å². The Balaban J connectivity index is 1.54. The molecule has 9 nitrogen and oxygen atoms in total. The molecule has 0 aliphatic heterocycles. The SMILES string of the molecule is CCN(CC)C(=O)[C@H](Cc1ccc(NC(=O)c2cc(C)ccc2N)cc1)C(=O)NS(=O)(=O)c1ccc2ccccc2c1. The van der Waals surface area contributed by atoms with E-state index in [1.165, 1.54) is 17.0 Å². The maximum absolute atomic E-state index is 13.4. The number of benzene rings is 4. The molecule has 3 amide bonds. The van der Waals surface area contributed by atoms with Crippen LogP contribution in [-0.4, -0.2) is 44.1 Å². The molecular weight excluding hydrogens is 552 g/mol. The Morgan fingerprint density at radius 3 is 2.19 bits per heavy atom. The number of carbonyl (C=O) groups excluding carboxylic acids is 3. The number of carbonyl (C=O) groups is 3. The third-order valence-corrected chi connectivity index (χ3v) is 8.41. The largest absolute Gasteiger partial charge is 0.398 e. The third kappa shape index (κ3) is 6.95. The second kappa shape index (κ2) is 12.9. The number of anilines is 2. The molecule has 0 fully saturated rings. The molecule has 0 saturated carbocycles. The van der Waals surface area contributed by atoms with Gasteiger partial charge in [-0.2, -0.15) is 0 Å². The first-order valence-electron chi connectivity index (χ1n) is 13.6. The van der Waals surface area contributed by atoms with Crippen molar-refractivity contribution < 1.29 is 22.8 Å². The Hall–Kier alpha value is -4.70. The van der Waals surface area contributed by atoms with Crippen molar-refractivity contribution in [2.75, 3.05) is 24.1 Å². The average Bonchev–Trinajstić information content (AvgIpc) is 2.97. The van der Waals surface area contributed by atoms with Crippen LogP contribution in [0.3, 0.4) is 0 Å². The lowest BCUT2D eigenvalue weighted by atomic mass is 9.97. The number of nitrogen functional groups attached to an aromatic ring is 1. The smallest absolute Gasteiger partial charge is 0.264 e. The molecule has 0 saturated heterocycles. The highest BCUT2D eigenvalue weighted by Crippen LogP contribution is 2.22. The second-order valence-corrected chi connectivity index (χ2v) is 11.7. The van der Waals surface area contributed by atoms with Gasteiger partial charge in [0.15, 0.2) is 0 Å². The van der Waals surface area contributed by atoms with Crippen molar-refractivity contribution in [3.05, 3.63) is 102 Å². The van der Waals surface area contributed by atoms with Crippen molar-refractivity contribution in [1.29, 1.82) is 0 Å². The Morgan fingerprint density at radius 1 is 0.857 bits per heavy atom. The molecule has 218 valence electrons. The van der Waals surface area contributed by atoms with Crippen LogP contribution in [-0.2, 0) is 26.0 Å². The van der Waals surface area contributed by atoms with Crippen LogP contribution in [0.5, 0.6) is 0 Å². The molecule has 1 atom stereocenters. The summed E-state index contributed by atoms with van der Waals surface area (Å²) in [5.74, 6) is -3.03. The van der Waals surface area contributed by atoms with E-state index in [1.807, 2.05) is 25.1 Å². The molecule has 42 heavy (non-hydrogen) atoms. The molecule has 4 aromatic carbocycles. The zero-order valence-electron chi connectivity index (χ0n) is 23.8. The van der Waals surface area contributed by atoms with Crippen LogP contribution < -0.4 is 15.8 Å². The normalized spacial score (nSPS) is 12.0. The molecule has 0 radical (unpaired) electrons. The predicted molar refractivity (Wildman–Crippen MR) is 164 cm³/mol. The highest BCUT2D eigenvalue weighted by atomic mass is 32.2. The third-order valence-electron chi connectivity index (χ3n) is 7.06. The van der Waals surface area contributed by atoms with Gasteiger partial charge in [0, 0.05) is 24.5 Å². The maximum atomic E-state index is 13.4. The fourth-order valence-electron chi connectivity index (χ4n) is 4.67. The lowest BCUT2D eigenvalue weighted by Gasteiger charge is -2.25. The lowest BCUT2D eigenvalue weighted by molar-refractivity contribution is -0.141. The number of amides is 3. The minimum atomic E-state index is -4.24. The summed E-state index contributed by atoms with van der Waals surface area (Å²) in [6.45, 7) is 6.18. The molecule has 0 aromatic heterocycles. The Bertz CT molecular complexity index is 1730. The van der Waals surface area contributed by atoms with Gasteiger partial charge in [-0.25, -0.2) is 13.1 Å².